The van der Waals surface area contributed by atoms with E-state index in [1.54, 1.807) is 0 Å². The Hall–Kier alpha value is -1.59. The summed E-state index contributed by atoms with van der Waals surface area (Å²) in [5, 5.41) is 3.01. The molecule has 3 unspecified atom stereocenters. The van der Waals surface area contributed by atoms with Crippen molar-refractivity contribution in [2.45, 2.75) is 52.6 Å². The molecule has 3 rings (SSSR count). The van der Waals surface area contributed by atoms with Gasteiger partial charge in [0.1, 0.15) is 18.0 Å². The topological polar surface area (TPSA) is 50.8 Å². The van der Waals surface area contributed by atoms with Crippen molar-refractivity contribution in [1.29, 1.82) is 0 Å². The van der Waals surface area contributed by atoms with Gasteiger partial charge < -0.3 is 14.8 Å². The molecule has 5 nitrogen and oxygen atoms in total. The Morgan fingerprint density at radius 1 is 1.18 bits per heavy atom. The Bertz CT molecular complexity index is 634. The first kappa shape index (κ1) is 21.1. The molecule has 0 spiro atoms. The summed E-state index contributed by atoms with van der Waals surface area (Å²) in [6.45, 7) is 13.0. The highest BCUT2D eigenvalue weighted by molar-refractivity contribution is 5.97. The summed E-state index contributed by atoms with van der Waals surface area (Å²) in [6, 6.07) is 7.65. The Balaban J connectivity index is 1.46. The quantitative estimate of drug-likeness (QED) is 0.689. The number of anilines is 1. The summed E-state index contributed by atoms with van der Waals surface area (Å²) in [5.74, 6) is 2.65. The van der Waals surface area contributed by atoms with Crippen LogP contribution < -0.4 is 10.1 Å². The number of piperidine rings is 1. The summed E-state index contributed by atoms with van der Waals surface area (Å²) >= 11 is 0. The van der Waals surface area contributed by atoms with Gasteiger partial charge in [0, 0.05) is 31.9 Å². The molecule has 156 valence electrons. The number of hydrogen-bond donors (Lipinski definition) is 1. The van der Waals surface area contributed by atoms with Crippen LogP contribution in [-0.2, 0) is 9.53 Å². The summed E-state index contributed by atoms with van der Waals surface area (Å²) in [4.78, 5) is 15.2. The lowest BCUT2D eigenvalue weighted by Crippen LogP contribution is -2.44. The van der Waals surface area contributed by atoms with Crippen LogP contribution in [0.1, 0.15) is 47.0 Å². The third-order valence-electron chi connectivity index (χ3n) is 5.98. The van der Waals surface area contributed by atoms with Crippen LogP contribution in [0, 0.1) is 17.8 Å². The number of benzene rings is 1. The highest BCUT2D eigenvalue weighted by Gasteiger charge is 2.48. The van der Waals surface area contributed by atoms with Crippen molar-refractivity contribution in [3.8, 4) is 5.75 Å². The van der Waals surface area contributed by atoms with Crippen LogP contribution in [-0.4, -0.2) is 49.3 Å². The van der Waals surface area contributed by atoms with Gasteiger partial charge in [-0.3, -0.25) is 9.69 Å². The molecule has 2 fully saturated rings. The van der Waals surface area contributed by atoms with Crippen LogP contribution in [0.15, 0.2) is 24.3 Å². The molecule has 1 N–H and O–H groups in total. The fourth-order valence-electron chi connectivity index (χ4n) is 4.46. The van der Waals surface area contributed by atoms with Gasteiger partial charge in [-0.15, -0.1) is 0 Å². The number of rotatable bonds is 9. The van der Waals surface area contributed by atoms with E-state index in [0.29, 0.717) is 19.1 Å². The van der Waals surface area contributed by atoms with Gasteiger partial charge in [-0.1, -0.05) is 13.8 Å². The molecule has 1 aromatic carbocycles. The van der Waals surface area contributed by atoms with Crippen molar-refractivity contribution in [2.24, 2.45) is 17.8 Å². The van der Waals surface area contributed by atoms with Crippen molar-refractivity contribution in [3.05, 3.63) is 24.3 Å². The van der Waals surface area contributed by atoms with E-state index < -0.39 is 5.60 Å². The monoisotopic (exact) mass is 388 g/mol. The van der Waals surface area contributed by atoms with E-state index in [-0.39, 0.29) is 5.91 Å². The zero-order valence-electron chi connectivity index (χ0n) is 17.9. The Morgan fingerprint density at radius 2 is 1.82 bits per heavy atom. The fourth-order valence-corrected chi connectivity index (χ4v) is 4.46. The minimum absolute atomic E-state index is 0.0566. The van der Waals surface area contributed by atoms with Gasteiger partial charge in [-0.25, -0.2) is 0 Å². The zero-order chi connectivity index (χ0) is 20.1. The predicted molar refractivity (Wildman–Crippen MR) is 113 cm³/mol. The molecule has 1 aromatic rings. The molecule has 0 bridgehead atoms. The van der Waals surface area contributed by atoms with E-state index in [4.69, 9.17) is 9.47 Å². The maximum atomic E-state index is 12.7. The molecule has 1 aliphatic heterocycles. The van der Waals surface area contributed by atoms with Crippen LogP contribution in [0.3, 0.4) is 0 Å². The molecule has 1 saturated heterocycles. The summed E-state index contributed by atoms with van der Waals surface area (Å²) in [6.07, 6.45) is 3.45. The zero-order valence-corrected chi connectivity index (χ0v) is 17.9. The molecule has 0 aromatic heterocycles. The van der Waals surface area contributed by atoms with Crippen molar-refractivity contribution < 1.29 is 14.3 Å². The molecular formula is C23H36N2O3. The Morgan fingerprint density at radius 3 is 2.39 bits per heavy atom. The predicted octanol–water partition coefficient (Wildman–Crippen LogP) is 4.19. The Kier molecular flexibility index (Phi) is 7.00. The van der Waals surface area contributed by atoms with E-state index >= 15 is 0 Å². The van der Waals surface area contributed by atoms with Crippen LogP contribution in [0.2, 0.25) is 0 Å². The molecule has 1 aliphatic carbocycles. The second-order valence-corrected chi connectivity index (χ2v) is 8.85. The van der Waals surface area contributed by atoms with Crippen molar-refractivity contribution in [1.82, 2.24) is 4.90 Å². The van der Waals surface area contributed by atoms with Crippen molar-refractivity contribution in [2.75, 3.05) is 38.2 Å². The van der Waals surface area contributed by atoms with E-state index in [1.807, 2.05) is 38.1 Å². The number of nitrogens with zero attached hydrogens (tertiary/aromatic N) is 1. The molecule has 1 heterocycles. The first-order valence-electron chi connectivity index (χ1n) is 10.8. The molecule has 28 heavy (non-hydrogen) atoms. The van der Waals surface area contributed by atoms with Gasteiger partial charge in [0.15, 0.2) is 0 Å². The van der Waals surface area contributed by atoms with Crippen molar-refractivity contribution in [3.63, 3.8) is 0 Å². The molecule has 0 radical (unpaired) electrons. The van der Waals surface area contributed by atoms with E-state index in [2.05, 4.69) is 24.1 Å². The lowest BCUT2D eigenvalue weighted by molar-refractivity contribution is -0.141. The molecule has 5 heteroatoms. The average molecular weight is 389 g/mol. The number of likely N-dealkylation sites (tertiary alicyclic amines) is 1. The smallest absolute Gasteiger partial charge is 0.256 e. The second-order valence-electron chi connectivity index (χ2n) is 8.85. The molecule has 2 aliphatic rings. The third kappa shape index (κ3) is 5.48. The number of ether oxygens (including phenoxy) is 2. The largest absolute Gasteiger partial charge is 0.492 e. The molecule has 3 atom stereocenters. The summed E-state index contributed by atoms with van der Waals surface area (Å²) in [7, 11) is 0. The summed E-state index contributed by atoms with van der Waals surface area (Å²) < 4.78 is 11.7. The number of carbonyl (C=O) groups excluding carboxylic acids is 1. The first-order chi connectivity index (χ1) is 13.4. The van der Waals surface area contributed by atoms with E-state index in [1.165, 1.54) is 6.42 Å². The molecule has 1 saturated carbocycles. The SMILES string of the molecule is CCOC(C)(C(=O)Nc1ccc(OCCN2CC(C)CC(C)C2)cc1)C1CC1. The van der Waals surface area contributed by atoms with Crippen LogP contribution >= 0.6 is 0 Å². The normalized spacial score (nSPS) is 25.1. The highest BCUT2D eigenvalue weighted by Crippen LogP contribution is 2.42. The fraction of sp³-hybridized carbons (Fsp3) is 0.696. The minimum Gasteiger partial charge on any atom is -0.492 e. The van der Waals surface area contributed by atoms with Gasteiger partial charge in [-0.05, 0) is 75.1 Å². The first-order valence-corrected chi connectivity index (χ1v) is 10.8. The van der Waals surface area contributed by atoms with Crippen LogP contribution in [0.4, 0.5) is 5.69 Å². The van der Waals surface area contributed by atoms with Gasteiger partial charge in [0.2, 0.25) is 0 Å². The minimum atomic E-state index is -0.730. The van der Waals surface area contributed by atoms with Gasteiger partial charge in [0.05, 0.1) is 0 Å². The van der Waals surface area contributed by atoms with Gasteiger partial charge >= 0.3 is 0 Å². The second kappa shape index (κ2) is 9.27. The lowest BCUT2D eigenvalue weighted by atomic mass is 9.92. The standard InChI is InChI=1S/C23H36N2O3/c1-5-28-23(4,19-6-7-19)22(26)24-20-8-10-21(11-9-20)27-13-12-25-15-17(2)14-18(3)16-25/h8-11,17-19H,5-7,12-16H2,1-4H3,(H,24,26). The third-order valence-corrected chi connectivity index (χ3v) is 5.98. The highest BCUT2D eigenvalue weighted by atomic mass is 16.5. The number of amides is 1. The van der Waals surface area contributed by atoms with Crippen LogP contribution in [0.5, 0.6) is 5.75 Å². The molecular weight excluding hydrogens is 352 g/mol. The Labute approximate surface area is 169 Å². The van der Waals surface area contributed by atoms with Gasteiger partial charge in [-0.2, -0.15) is 0 Å². The van der Waals surface area contributed by atoms with E-state index in [0.717, 1.165) is 55.7 Å². The van der Waals surface area contributed by atoms with Crippen molar-refractivity contribution >= 4 is 11.6 Å². The average Bonchev–Trinajstić information content (AvgIpc) is 3.48. The van der Waals surface area contributed by atoms with E-state index in [9.17, 15) is 4.79 Å². The maximum Gasteiger partial charge on any atom is 0.256 e. The number of carbonyl (C=O) groups is 1. The summed E-state index contributed by atoms with van der Waals surface area (Å²) in [5.41, 5.74) is 0.0507. The number of hydrogen-bond acceptors (Lipinski definition) is 4. The lowest BCUT2D eigenvalue weighted by Gasteiger charge is -2.34. The van der Waals surface area contributed by atoms with Gasteiger partial charge in [0.25, 0.3) is 5.91 Å². The van der Waals surface area contributed by atoms with Crippen LogP contribution in [0.25, 0.3) is 0 Å². The molecule has 1 amide bonds. The number of nitrogens with one attached hydrogen (secondary N) is 1. The maximum absolute atomic E-state index is 12.7.